The molecule has 0 saturated heterocycles. The molecule has 0 aliphatic carbocycles. The number of carboxylic acid groups (broad SMARTS) is 1. The fraction of sp³-hybridized carbons (Fsp3) is 0.450. The van der Waals surface area contributed by atoms with Crippen LogP contribution in [0.5, 0.6) is 11.5 Å². The van der Waals surface area contributed by atoms with Crippen LogP contribution in [0.3, 0.4) is 0 Å². The summed E-state index contributed by atoms with van der Waals surface area (Å²) in [5.41, 5.74) is 3.49. The summed E-state index contributed by atoms with van der Waals surface area (Å²) in [5, 5.41) is 13.8. The molecule has 8 heteroatoms. The zero-order chi connectivity index (χ0) is 20.4. The molecule has 1 atom stereocenters. The van der Waals surface area contributed by atoms with Crippen LogP contribution in [0.25, 0.3) is 0 Å². The fourth-order valence-corrected chi connectivity index (χ4v) is 3.77. The van der Waals surface area contributed by atoms with Crippen molar-refractivity contribution in [3.8, 4) is 11.5 Å². The number of carbonyl (C=O) groups is 2. The van der Waals surface area contributed by atoms with Gasteiger partial charge in [0.25, 0.3) is 0 Å². The Hall–Kier alpha value is -3.03. The number of ether oxygens (including phenoxy) is 2. The molecule has 28 heavy (non-hydrogen) atoms. The third-order valence-corrected chi connectivity index (χ3v) is 5.08. The van der Waals surface area contributed by atoms with Gasteiger partial charge in [0, 0.05) is 12.2 Å². The Kier molecular flexibility index (Phi) is 5.58. The number of nitrogens with zero attached hydrogens (tertiary/aromatic N) is 3. The van der Waals surface area contributed by atoms with E-state index in [2.05, 4.69) is 5.10 Å². The predicted octanol–water partition coefficient (Wildman–Crippen LogP) is 2.12. The molecule has 0 spiro atoms. The van der Waals surface area contributed by atoms with E-state index in [9.17, 15) is 14.7 Å². The predicted molar refractivity (Wildman–Crippen MR) is 102 cm³/mol. The zero-order valence-corrected chi connectivity index (χ0v) is 16.6. The third kappa shape index (κ3) is 3.81. The van der Waals surface area contributed by atoms with Crippen molar-refractivity contribution in [2.24, 2.45) is 0 Å². The van der Waals surface area contributed by atoms with E-state index in [1.54, 1.807) is 22.8 Å². The van der Waals surface area contributed by atoms with Gasteiger partial charge in [-0.25, -0.2) is 0 Å². The number of rotatable bonds is 6. The van der Waals surface area contributed by atoms with Gasteiger partial charge in [-0.1, -0.05) is 0 Å². The lowest BCUT2D eigenvalue weighted by molar-refractivity contribution is -0.141. The van der Waals surface area contributed by atoms with Crippen LogP contribution in [-0.4, -0.2) is 52.4 Å². The van der Waals surface area contributed by atoms with E-state index in [0.717, 1.165) is 22.5 Å². The molecule has 0 radical (unpaired) electrons. The molecule has 1 aromatic carbocycles. The molecule has 1 unspecified atom stereocenters. The summed E-state index contributed by atoms with van der Waals surface area (Å²) in [6, 6.07) is 4.99. The van der Waals surface area contributed by atoms with E-state index in [0.29, 0.717) is 24.5 Å². The van der Waals surface area contributed by atoms with Gasteiger partial charge < -0.3 is 19.5 Å². The molecule has 8 nitrogen and oxygen atoms in total. The lowest BCUT2D eigenvalue weighted by atomic mass is 9.90. The molecule has 0 saturated carbocycles. The second-order valence-corrected chi connectivity index (χ2v) is 6.94. The summed E-state index contributed by atoms with van der Waals surface area (Å²) in [7, 11) is 3.09. The molecule has 3 rings (SSSR count). The van der Waals surface area contributed by atoms with Crippen molar-refractivity contribution >= 4 is 11.9 Å². The van der Waals surface area contributed by atoms with Crippen LogP contribution in [0.1, 0.15) is 35.0 Å². The summed E-state index contributed by atoms with van der Waals surface area (Å²) < 4.78 is 12.4. The van der Waals surface area contributed by atoms with Crippen LogP contribution in [0.15, 0.2) is 18.2 Å². The van der Waals surface area contributed by atoms with Gasteiger partial charge in [-0.05, 0) is 49.6 Å². The van der Waals surface area contributed by atoms with Crippen LogP contribution in [0.4, 0.5) is 0 Å². The first-order chi connectivity index (χ1) is 13.3. The molecule has 0 fully saturated rings. The number of fused-ring (bicyclic) bond motifs is 1. The van der Waals surface area contributed by atoms with E-state index < -0.39 is 12.0 Å². The minimum Gasteiger partial charge on any atom is -0.493 e. The van der Waals surface area contributed by atoms with E-state index in [4.69, 9.17) is 9.47 Å². The number of carboxylic acids is 1. The van der Waals surface area contributed by atoms with Crippen molar-refractivity contribution in [1.82, 2.24) is 14.7 Å². The average molecular weight is 387 g/mol. The van der Waals surface area contributed by atoms with Gasteiger partial charge in [0.15, 0.2) is 11.5 Å². The van der Waals surface area contributed by atoms with Crippen molar-refractivity contribution in [2.75, 3.05) is 20.8 Å². The molecule has 0 bridgehead atoms. The fourth-order valence-electron chi connectivity index (χ4n) is 3.77. The molecular weight excluding hydrogens is 362 g/mol. The average Bonchev–Trinajstić information content (AvgIpc) is 2.97. The molecule has 2 aromatic rings. The maximum Gasteiger partial charge on any atom is 0.305 e. The van der Waals surface area contributed by atoms with Crippen molar-refractivity contribution in [3.63, 3.8) is 0 Å². The Morgan fingerprint density at radius 2 is 1.86 bits per heavy atom. The van der Waals surface area contributed by atoms with E-state index in [1.165, 1.54) is 7.11 Å². The first kappa shape index (κ1) is 19.7. The minimum atomic E-state index is -0.962. The molecule has 2 heterocycles. The summed E-state index contributed by atoms with van der Waals surface area (Å²) in [6.07, 6.45) is 0.444. The Morgan fingerprint density at radius 3 is 2.43 bits per heavy atom. The van der Waals surface area contributed by atoms with Crippen LogP contribution >= 0.6 is 0 Å². The number of hydrogen-bond acceptors (Lipinski definition) is 5. The largest absolute Gasteiger partial charge is 0.493 e. The maximum atomic E-state index is 13.0. The van der Waals surface area contributed by atoms with Gasteiger partial charge in [0.2, 0.25) is 5.91 Å². The van der Waals surface area contributed by atoms with Gasteiger partial charge in [-0.3, -0.25) is 14.3 Å². The topological polar surface area (TPSA) is 93.9 Å². The second kappa shape index (κ2) is 7.92. The molecule has 1 amide bonds. The van der Waals surface area contributed by atoms with Gasteiger partial charge >= 0.3 is 5.97 Å². The number of aromatic nitrogens is 2. The number of methoxy groups -OCH3 is 2. The highest BCUT2D eigenvalue weighted by Gasteiger charge is 2.33. The highest BCUT2D eigenvalue weighted by atomic mass is 16.5. The minimum absolute atomic E-state index is 0.0818. The number of aryl methyl sites for hydroxylation is 2. The molecule has 1 aliphatic rings. The molecular formula is C20H25N3O5. The lowest BCUT2D eigenvalue weighted by Crippen LogP contribution is -2.42. The number of aliphatic carboxylic acids is 1. The number of amides is 1. The highest BCUT2D eigenvalue weighted by molar-refractivity contribution is 5.78. The Balaban J connectivity index is 1.95. The summed E-state index contributed by atoms with van der Waals surface area (Å²) in [6.45, 7) is 4.29. The summed E-state index contributed by atoms with van der Waals surface area (Å²) in [4.78, 5) is 26.2. The maximum absolute atomic E-state index is 13.0. The highest BCUT2D eigenvalue weighted by Crippen LogP contribution is 2.39. The summed E-state index contributed by atoms with van der Waals surface area (Å²) in [5.74, 6) is -0.00309. The second-order valence-electron chi connectivity index (χ2n) is 6.94. The van der Waals surface area contributed by atoms with E-state index in [-0.39, 0.29) is 18.9 Å². The van der Waals surface area contributed by atoms with Gasteiger partial charge in [0.1, 0.15) is 6.54 Å². The van der Waals surface area contributed by atoms with Gasteiger partial charge in [0.05, 0.1) is 32.4 Å². The Bertz CT molecular complexity index is 905. The van der Waals surface area contributed by atoms with Gasteiger partial charge in [-0.15, -0.1) is 0 Å². The summed E-state index contributed by atoms with van der Waals surface area (Å²) >= 11 is 0. The smallest absolute Gasteiger partial charge is 0.305 e. The Labute approximate surface area is 163 Å². The molecule has 150 valence electrons. The molecule has 1 N–H and O–H groups in total. The van der Waals surface area contributed by atoms with Crippen molar-refractivity contribution in [2.45, 2.75) is 39.3 Å². The van der Waals surface area contributed by atoms with Crippen LogP contribution < -0.4 is 9.47 Å². The molecule has 1 aromatic heterocycles. The third-order valence-electron chi connectivity index (χ3n) is 5.08. The standard InChI is InChI=1S/C20H25N3O5/c1-12-7-13(2)23(21-12)11-19(24)22-6-5-14-8-17(27-3)18(28-4)9-15(14)16(22)10-20(25)26/h7-9,16H,5-6,10-11H2,1-4H3,(H,25,26). The van der Waals surface area contributed by atoms with Crippen molar-refractivity contribution in [1.29, 1.82) is 0 Å². The normalized spacial score (nSPS) is 15.9. The number of carbonyl (C=O) groups excluding carboxylic acids is 1. The zero-order valence-electron chi connectivity index (χ0n) is 16.6. The Morgan fingerprint density at radius 1 is 1.18 bits per heavy atom. The SMILES string of the molecule is COc1cc2c(cc1OC)C(CC(=O)O)N(C(=O)Cn1nc(C)cc1C)CC2. The van der Waals surface area contributed by atoms with Crippen LogP contribution in [0, 0.1) is 13.8 Å². The van der Waals surface area contributed by atoms with Crippen molar-refractivity contribution in [3.05, 3.63) is 40.7 Å². The van der Waals surface area contributed by atoms with E-state index in [1.807, 2.05) is 26.0 Å². The van der Waals surface area contributed by atoms with E-state index >= 15 is 0 Å². The number of benzene rings is 1. The monoisotopic (exact) mass is 387 g/mol. The van der Waals surface area contributed by atoms with Crippen molar-refractivity contribution < 1.29 is 24.2 Å². The molecule has 1 aliphatic heterocycles. The van der Waals surface area contributed by atoms with Crippen LogP contribution in [-0.2, 0) is 22.6 Å². The first-order valence-corrected chi connectivity index (χ1v) is 9.11. The van der Waals surface area contributed by atoms with Crippen LogP contribution in [0.2, 0.25) is 0 Å². The first-order valence-electron chi connectivity index (χ1n) is 9.11. The lowest BCUT2D eigenvalue weighted by Gasteiger charge is -2.37. The van der Waals surface area contributed by atoms with Gasteiger partial charge in [-0.2, -0.15) is 5.10 Å². The quantitative estimate of drug-likeness (QED) is 0.816. The number of hydrogen-bond donors (Lipinski definition) is 1.